The van der Waals surface area contributed by atoms with Crippen molar-refractivity contribution in [2.45, 2.75) is 38.6 Å². The van der Waals surface area contributed by atoms with Gasteiger partial charge in [-0.05, 0) is 37.3 Å². The van der Waals surface area contributed by atoms with Crippen molar-refractivity contribution in [1.82, 2.24) is 10.2 Å². The van der Waals surface area contributed by atoms with Crippen LogP contribution < -0.4 is 5.32 Å². The number of hydrogen-bond acceptors (Lipinski definition) is 3. The van der Waals surface area contributed by atoms with Gasteiger partial charge in [-0.15, -0.1) is 11.3 Å². The van der Waals surface area contributed by atoms with Gasteiger partial charge in [-0.1, -0.05) is 13.0 Å². The monoisotopic (exact) mass is 266 g/mol. The summed E-state index contributed by atoms with van der Waals surface area (Å²) in [5.41, 5.74) is 0. The molecule has 1 saturated heterocycles. The zero-order valence-corrected chi connectivity index (χ0v) is 11.8. The second-order valence-electron chi connectivity index (χ2n) is 4.94. The smallest absolute Gasteiger partial charge is 0.225 e. The standard InChI is InChI=1S/C14H22N2OS/c1-2-7-16-8-5-12(6-9-16)15-14(17)11-13-4-3-10-18-13/h3-4,10,12H,2,5-9,11H2,1H3,(H,15,17). The third-order valence-corrected chi connectivity index (χ3v) is 4.28. The highest BCUT2D eigenvalue weighted by Crippen LogP contribution is 2.12. The number of carbonyl (C=O) groups is 1. The van der Waals surface area contributed by atoms with E-state index in [1.807, 2.05) is 17.5 Å². The van der Waals surface area contributed by atoms with E-state index in [1.54, 1.807) is 11.3 Å². The molecule has 1 fully saturated rings. The van der Waals surface area contributed by atoms with Gasteiger partial charge in [0.1, 0.15) is 0 Å². The summed E-state index contributed by atoms with van der Waals surface area (Å²) in [6.45, 7) is 5.65. The topological polar surface area (TPSA) is 32.3 Å². The van der Waals surface area contributed by atoms with Gasteiger partial charge < -0.3 is 10.2 Å². The first-order valence-electron chi connectivity index (χ1n) is 6.82. The summed E-state index contributed by atoms with van der Waals surface area (Å²) >= 11 is 1.65. The van der Waals surface area contributed by atoms with E-state index in [1.165, 1.54) is 13.0 Å². The lowest BCUT2D eigenvalue weighted by Gasteiger charge is -2.32. The Labute approximate surface area is 113 Å². The highest BCUT2D eigenvalue weighted by Gasteiger charge is 2.19. The molecule has 0 bridgehead atoms. The second-order valence-corrected chi connectivity index (χ2v) is 5.97. The van der Waals surface area contributed by atoms with Gasteiger partial charge in [0.15, 0.2) is 0 Å². The average molecular weight is 266 g/mol. The maximum atomic E-state index is 11.9. The minimum Gasteiger partial charge on any atom is -0.353 e. The summed E-state index contributed by atoms with van der Waals surface area (Å²) in [6.07, 6.45) is 3.94. The molecule has 1 aliphatic heterocycles. The minimum absolute atomic E-state index is 0.173. The fraction of sp³-hybridized carbons (Fsp3) is 0.643. The van der Waals surface area contributed by atoms with Crippen molar-refractivity contribution in [3.63, 3.8) is 0 Å². The first-order valence-corrected chi connectivity index (χ1v) is 7.70. The fourth-order valence-corrected chi connectivity index (χ4v) is 3.17. The van der Waals surface area contributed by atoms with Crippen LogP contribution in [0.15, 0.2) is 17.5 Å². The van der Waals surface area contributed by atoms with Crippen LogP contribution in [0.2, 0.25) is 0 Å². The fourth-order valence-electron chi connectivity index (χ4n) is 2.47. The normalized spacial score (nSPS) is 17.8. The molecule has 0 aliphatic carbocycles. The molecule has 0 radical (unpaired) electrons. The van der Waals surface area contributed by atoms with Crippen LogP contribution >= 0.6 is 11.3 Å². The SMILES string of the molecule is CCCN1CCC(NC(=O)Cc2cccs2)CC1. The summed E-state index contributed by atoms with van der Waals surface area (Å²) in [5.74, 6) is 0.173. The summed E-state index contributed by atoms with van der Waals surface area (Å²) < 4.78 is 0. The highest BCUT2D eigenvalue weighted by molar-refractivity contribution is 7.10. The Hall–Kier alpha value is -0.870. The van der Waals surface area contributed by atoms with Crippen molar-refractivity contribution in [1.29, 1.82) is 0 Å². The van der Waals surface area contributed by atoms with Crippen molar-refractivity contribution >= 4 is 17.2 Å². The van der Waals surface area contributed by atoms with Gasteiger partial charge in [-0.3, -0.25) is 4.79 Å². The summed E-state index contributed by atoms with van der Waals surface area (Å²) in [4.78, 5) is 15.5. The molecule has 0 spiro atoms. The summed E-state index contributed by atoms with van der Waals surface area (Å²) in [5, 5.41) is 5.18. The van der Waals surface area contributed by atoms with E-state index >= 15 is 0 Å². The van der Waals surface area contributed by atoms with Crippen molar-refractivity contribution in [2.75, 3.05) is 19.6 Å². The van der Waals surface area contributed by atoms with Gasteiger partial charge >= 0.3 is 0 Å². The molecule has 0 aromatic carbocycles. The van der Waals surface area contributed by atoms with Crippen LogP contribution in [0, 0.1) is 0 Å². The largest absolute Gasteiger partial charge is 0.353 e. The predicted molar refractivity (Wildman–Crippen MR) is 75.9 cm³/mol. The van der Waals surface area contributed by atoms with Gasteiger partial charge in [-0.2, -0.15) is 0 Å². The molecule has 1 aromatic rings. The molecule has 0 unspecified atom stereocenters. The summed E-state index contributed by atoms with van der Waals surface area (Å²) in [7, 11) is 0. The molecular formula is C14H22N2OS. The Morgan fingerprint density at radius 3 is 2.89 bits per heavy atom. The second kappa shape index (κ2) is 6.90. The molecule has 1 aromatic heterocycles. The quantitative estimate of drug-likeness (QED) is 0.887. The number of nitrogens with zero attached hydrogens (tertiary/aromatic N) is 1. The van der Waals surface area contributed by atoms with Crippen LogP contribution in [0.3, 0.4) is 0 Å². The molecule has 18 heavy (non-hydrogen) atoms. The Morgan fingerprint density at radius 1 is 1.50 bits per heavy atom. The van der Waals surface area contributed by atoms with Crippen LogP contribution in [-0.2, 0) is 11.2 Å². The molecule has 1 aliphatic rings. The van der Waals surface area contributed by atoms with Gasteiger partial charge in [0, 0.05) is 24.0 Å². The minimum atomic E-state index is 0.173. The molecule has 2 heterocycles. The molecule has 1 amide bonds. The number of thiophene rings is 1. The third kappa shape index (κ3) is 4.10. The number of carbonyl (C=O) groups excluding carboxylic acids is 1. The van der Waals surface area contributed by atoms with Crippen LogP contribution in [0.25, 0.3) is 0 Å². The average Bonchev–Trinajstić information content (AvgIpc) is 2.84. The van der Waals surface area contributed by atoms with E-state index in [0.29, 0.717) is 12.5 Å². The van der Waals surface area contributed by atoms with Crippen LogP contribution in [-0.4, -0.2) is 36.5 Å². The molecule has 0 atom stereocenters. The van der Waals surface area contributed by atoms with Crippen LogP contribution in [0.5, 0.6) is 0 Å². The van der Waals surface area contributed by atoms with Gasteiger partial charge in [0.25, 0.3) is 0 Å². The maximum absolute atomic E-state index is 11.9. The van der Waals surface area contributed by atoms with Crippen molar-refractivity contribution < 1.29 is 4.79 Å². The van der Waals surface area contributed by atoms with E-state index in [-0.39, 0.29) is 5.91 Å². The number of rotatable bonds is 5. The zero-order chi connectivity index (χ0) is 12.8. The lowest BCUT2D eigenvalue weighted by molar-refractivity contribution is -0.121. The lowest BCUT2D eigenvalue weighted by Crippen LogP contribution is -2.45. The Morgan fingerprint density at radius 2 is 2.28 bits per heavy atom. The molecule has 0 saturated carbocycles. The first kappa shape index (κ1) is 13.6. The van der Waals surface area contributed by atoms with Gasteiger partial charge in [0.2, 0.25) is 5.91 Å². The first-order chi connectivity index (χ1) is 8.78. The number of likely N-dealkylation sites (tertiary alicyclic amines) is 1. The maximum Gasteiger partial charge on any atom is 0.225 e. The van der Waals surface area contributed by atoms with E-state index in [4.69, 9.17) is 0 Å². The Bertz CT molecular complexity index is 356. The van der Waals surface area contributed by atoms with E-state index in [2.05, 4.69) is 17.1 Å². The molecule has 3 nitrogen and oxygen atoms in total. The molecule has 2 rings (SSSR count). The van der Waals surface area contributed by atoms with Crippen molar-refractivity contribution in [3.8, 4) is 0 Å². The predicted octanol–water partition coefficient (Wildman–Crippen LogP) is 2.28. The zero-order valence-electron chi connectivity index (χ0n) is 11.0. The lowest BCUT2D eigenvalue weighted by atomic mass is 10.0. The summed E-state index contributed by atoms with van der Waals surface area (Å²) in [6, 6.07) is 4.40. The number of hydrogen-bond donors (Lipinski definition) is 1. The van der Waals surface area contributed by atoms with E-state index in [9.17, 15) is 4.79 Å². The van der Waals surface area contributed by atoms with Crippen molar-refractivity contribution in [3.05, 3.63) is 22.4 Å². The Kier molecular flexibility index (Phi) is 5.20. The van der Waals surface area contributed by atoms with Crippen LogP contribution in [0.1, 0.15) is 31.1 Å². The molecule has 100 valence electrons. The Balaban J connectivity index is 1.69. The number of piperidine rings is 1. The third-order valence-electron chi connectivity index (χ3n) is 3.41. The highest BCUT2D eigenvalue weighted by atomic mass is 32.1. The molecular weight excluding hydrogens is 244 g/mol. The number of amides is 1. The molecule has 1 N–H and O–H groups in total. The van der Waals surface area contributed by atoms with Crippen LogP contribution in [0.4, 0.5) is 0 Å². The number of nitrogens with one attached hydrogen (secondary N) is 1. The molecule has 4 heteroatoms. The van der Waals surface area contributed by atoms with E-state index < -0.39 is 0 Å². The van der Waals surface area contributed by atoms with Gasteiger partial charge in [0.05, 0.1) is 6.42 Å². The van der Waals surface area contributed by atoms with Gasteiger partial charge in [-0.25, -0.2) is 0 Å². The van der Waals surface area contributed by atoms with E-state index in [0.717, 1.165) is 30.8 Å². The van der Waals surface area contributed by atoms with Crippen molar-refractivity contribution in [2.24, 2.45) is 0 Å².